The van der Waals surface area contributed by atoms with E-state index in [0.717, 1.165) is 83.2 Å². The summed E-state index contributed by atoms with van der Waals surface area (Å²) >= 11 is 0. The fraction of sp³-hybridized carbons (Fsp3) is 0.727. The molecular formula is C33H50F3N3O2. The maximum atomic E-state index is 15.4. The summed E-state index contributed by atoms with van der Waals surface area (Å²) in [4.78, 5) is 12.6. The lowest BCUT2D eigenvalue weighted by molar-refractivity contribution is -0.0825. The zero-order valence-electron chi connectivity index (χ0n) is 25.2. The molecule has 1 aliphatic rings. The lowest BCUT2D eigenvalue weighted by atomic mass is 9.78. The molecule has 0 aliphatic heterocycles. The number of nitrogens with zero attached hydrogens (tertiary/aromatic N) is 3. The summed E-state index contributed by atoms with van der Waals surface area (Å²) < 4.78 is 57.1. The van der Waals surface area contributed by atoms with Crippen LogP contribution in [0.4, 0.5) is 13.2 Å². The Bertz CT molecular complexity index is 1000. The molecule has 0 saturated heterocycles. The summed E-state index contributed by atoms with van der Waals surface area (Å²) in [5.74, 6) is -4.94. The van der Waals surface area contributed by atoms with Crippen molar-refractivity contribution in [3.8, 4) is 11.5 Å². The number of alkyl halides is 2. The molecule has 0 radical (unpaired) electrons. The highest BCUT2D eigenvalue weighted by Gasteiger charge is 2.47. The van der Waals surface area contributed by atoms with Crippen LogP contribution >= 0.6 is 0 Å². The molecule has 2 aromatic heterocycles. The van der Waals surface area contributed by atoms with Crippen molar-refractivity contribution in [3.63, 3.8) is 0 Å². The van der Waals surface area contributed by atoms with E-state index < -0.39 is 23.4 Å². The quantitative estimate of drug-likeness (QED) is 0.109. The van der Waals surface area contributed by atoms with Crippen LogP contribution < -0.4 is 0 Å². The van der Waals surface area contributed by atoms with E-state index in [1.165, 1.54) is 19.3 Å². The number of ether oxygens (including phenoxy) is 2. The molecular weight excluding hydrogens is 527 g/mol. The zero-order valence-corrected chi connectivity index (χ0v) is 25.2. The van der Waals surface area contributed by atoms with Crippen LogP contribution in [0.25, 0.3) is 11.5 Å². The van der Waals surface area contributed by atoms with Gasteiger partial charge in [-0.25, -0.2) is 23.7 Å². The Morgan fingerprint density at radius 1 is 0.805 bits per heavy atom. The Morgan fingerprint density at radius 2 is 1.39 bits per heavy atom. The predicted octanol–water partition coefficient (Wildman–Crippen LogP) is 9.02. The number of pyridine rings is 1. The smallest absolute Gasteiger partial charge is 0.280 e. The Morgan fingerprint density at radius 3 is 2.00 bits per heavy atom. The number of hydrogen-bond donors (Lipinski definition) is 0. The summed E-state index contributed by atoms with van der Waals surface area (Å²) in [6, 6.07) is 1.55. The Kier molecular flexibility index (Phi) is 15.1. The largest absolute Gasteiger partial charge is 0.381 e. The van der Waals surface area contributed by atoms with Crippen molar-refractivity contribution in [2.24, 2.45) is 5.92 Å². The van der Waals surface area contributed by atoms with Gasteiger partial charge in [-0.3, -0.25) is 0 Å². The highest BCUT2D eigenvalue weighted by Crippen LogP contribution is 2.47. The minimum Gasteiger partial charge on any atom is -0.381 e. The fourth-order valence-electron chi connectivity index (χ4n) is 5.48. The molecule has 8 heteroatoms. The number of unbranched alkanes of at least 4 members (excludes halogenated alkanes) is 8. The van der Waals surface area contributed by atoms with Crippen LogP contribution in [0.5, 0.6) is 0 Å². The third-order valence-electron chi connectivity index (χ3n) is 7.98. The van der Waals surface area contributed by atoms with Crippen LogP contribution in [0, 0.1) is 11.9 Å². The van der Waals surface area contributed by atoms with Crippen molar-refractivity contribution in [1.82, 2.24) is 15.0 Å². The third kappa shape index (κ3) is 10.9. The van der Waals surface area contributed by atoms with Gasteiger partial charge in [0.15, 0.2) is 5.82 Å². The summed E-state index contributed by atoms with van der Waals surface area (Å²) in [6.45, 7) is 7.42. The molecule has 0 N–H and O–H groups in total. The predicted molar refractivity (Wildman–Crippen MR) is 158 cm³/mol. The standard InChI is InChI=1S/C33H50F3N3O2/c1-3-5-11-19-40-21-13-7-9-15-26-24-37-32(38-25-26)29-23-27-17-18-28(33(35,36)30(27)31(34)39-29)16-10-8-14-22-41-20-12-6-4-2/h23-25,28H,3-22H2,1-2H3. The first-order valence-electron chi connectivity index (χ1n) is 16.0. The van der Waals surface area contributed by atoms with Crippen LogP contribution in [-0.4, -0.2) is 41.4 Å². The molecule has 1 atom stereocenters. The fourth-order valence-corrected chi connectivity index (χ4v) is 5.48. The van der Waals surface area contributed by atoms with Gasteiger partial charge in [-0.1, -0.05) is 58.8 Å². The molecule has 41 heavy (non-hydrogen) atoms. The number of aryl methyl sites for hydroxylation is 2. The van der Waals surface area contributed by atoms with E-state index >= 15 is 13.2 Å². The molecule has 3 rings (SSSR count). The number of aromatic nitrogens is 3. The van der Waals surface area contributed by atoms with Crippen molar-refractivity contribution >= 4 is 0 Å². The first-order valence-corrected chi connectivity index (χ1v) is 16.0. The van der Waals surface area contributed by atoms with Crippen molar-refractivity contribution < 1.29 is 22.6 Å². The van der Waals surface area contributed by atoms with E-state index in [4.69, 9.17) is 9.47 Å². The van der Waals surface area contributed by atoms with E-state index in [1.54, 1.807) is 18.5 Å². The van der Waals surface area contributed by atoms with Crippen molar-refractivity contribution in [1.29, 1.82) is 0 Å². The van der Waals surface area contributed by atoms with E-state index in [0.29, 0.717) is 37.9 Å². The van der Waals surface area contributed by atoms with E-state index in [9.17, 15) is 0 Å². The van der Waals surface area contributed by atoms with Gasteiger partial charge in [0, 0.05) is 44.7 Å². The van der Waals surface area contributed by atoms with Gasteiger partial charge in [-0.15, -0.1) is 0 Å². The number of hydrogen-bond acceptors (Lipinski definition) is 5. The second kappa shape index (κ2) is 18.5. The summed E-state index contributed by atoms with van der Waals surface area (Å²) in [5.41, 5.74) is 0.983. The first kappa shape index (κ1) is 33.4. The van der Waals surface area contributed by atoms with E-state index in [-0.39, 0.29) is 11.5 Å². The van der Waals surface area contributed by atoms with E-state index in [2.05, 4.69) is 28.8 Å². The molecule has 230 valence electrons. The van der Waals surface area contributed by atoms with E-state index in [1.807, 2.05) is 0 Å². The Labute approximate surface area is 245 Å². The first-order chi connectivity index (χ1) is 20.0. The molecule has 0 spiro atoms. The summed E-state index contributed by atoms with van der Waals surface area (Å²) in [5, 5.41) is 0. The molecule has 2 aromatic rings. The van der Waals surface area contributed by atoms with Crippen molar-refractivity contribution in [2.75, 3.05) is 26.4 Å². The van der Waals surface area contributed by atoms with Crippen LogP contribution in [0.2, 0.25) is 0 Å². The van der Waals surface area contributed by atoms with Crippen LogP contribution in [0.3, 0.4) is 0 Å². The molecule has 1 unspecified atom stereocenters. The number of rotatable bonds is 21. The van der Waals surface area contributed by atoms with Crippen molar-refractivity contribution in [3.05, 3.63) is 41.1 Å². The Hall–Kier alpha value is -2.06. The molecule has 0 fully saturated rings. The van der Waals surface area contributed by atoms with Gasteiger partial charge in [0.05, 0.1) is 5.56 Å². The van der Waals surface area contributed by atoms with Gasteiger partial charge in [-0.2, -0.15) is 4.39 Å². The Balaban J connectivity index is 1.45. The molecule has 5 nitrogen and oxygen atoms in total. The monoisotopic (exact) mass is 577 g/mol. The maximum absolute atomic E-state index is 15.4. The minimum absolute atomic E-state index is 0.209. The average molecular weight is 578 g/mol. The second-order valence-corrected chi connectivity index (χ2v) is 11.4. The SMILES string of the molecule is CCCCCOCCCCCc1cnc(-c2cc3c(c(F)n2)C(F)(F)C(CCCCCOCCCCC)CC3)nc1. The normalized spacial score (nSPS) is 16.2. The highest BCUT2D eigenvalue weighted by molar-refractivity contribution is 5.53. The highest BCUT2D eigenvalue weighted by atomic mass is 19.3. The summed E-state index contributed by atoms with van der Waals surface area (Å²) in [6.07, 6.45) is 17.9. The van der Waals surface area contributed by atoms with Gasteiger partial charge < -0.3 is 9.47 Å². The molecule has 2 heterocycles. The van der Waals surface area contributed by atoms with Crippen LogP contribution in [-0.2, 0) is 28.2 Å². The van der Waals surface area contributed by atoms with Gasteiger partial charge >= 0.3 is 0 Å². The molecule has 0 aromatic carbocycles. The molecule has 1 aliphatic carbocycles. The minimum atomic E-state index is -3.23. The third-order valence-corrected chi connectivity index (χ3v) is 7.98. The zero-order chi connectivity index (χ0) is 29.3. The number of fused-ring (bicyclic) bond motifs is 1. The van der Waals surface area contributed by atoms with Gasteiger partial charge in [0.1, 0.15) is 5.69 Å². The van der Waals surface area contributed by atoms with Gasteiger partial charge in [0.25, 0.3) is 5.92 Å². The second-order valence-electron chi connectivity index (χ2n) is 11.4. The topological polar surface area (TPSA) is 57.1 Å². The lowest BCUT2D eigenvalue weighted by Crippen LogP contribution is -2.33. The molecule has 0 amide bonds. The van der Waals surface area contributed by atoms with Gasteiger partial charge in [-0.05, 0) is 75.0 Å². The summed E-state index contributed by atoms with van der Waals surface area (Å²) in [7, 11) is 0. The lowest BCUT2D eigenvalue weighted by Gasteiger charge is -2.33. The van der Waals surface area contributed by atoms with Gasteiger partial charge in [0.2, 0.25) is 5.95 Å². The molecule has 0 bridgehead atoms. The number of halogens is 3. The maximum Gasteiger partial charge on any atom is 0.280 e. The van der Waals surface area contributed by atoms with Crippen molar-refractivity contribution in [2.45, 2.75) is 123 Å². The van der Waals surface area contributed by atoms with Crippen LogP contribution in [0.1, 0.15) is 120 Å². The average Bonchev–Trinajstić information content (AvgIpc) is 2.96. The molecule has 0 saturated carbocycles. The van der Waals surface area contributed by atoms with Crippen LogP contribution in [0.15, 0.2) is 18.5 Å².